The summed E-state index contributed by atoms with van der Waals surface area (Å²) in [5.74, 6) is 0. The standard InChI is InChI=1S/C13H20N2O2S/c1-6-7-13(5,17)12(3,4)18-11-14-8-9(2)10(16)15-11/h6,8,17H,1,7H2,2-5H3,(H,14,15,16). The Morgan fingerprint density at radius 3 is 2.67 bits per heavy atom. The Morgan fingerprint density at radius 2 is 2.17 bits per heavy atom. The minimum atomic E-state index is -0.928. The summed E-state index contributed by atoms with van der Waals surface area (Å²) in [4.78, 5) is 18.4. The molecule has 5 heteroatoms. The lowest BCUT2D eigenvalue weighted by molar-refractivity contribution is 0.0327. The number of nitrogens with one attached hydrogen (secondary N) is 1. The number of hydrogen-bond donors (Lipinski definition) is 2. The number of thioether (sulfide) groups is 1. The van der Waals surface area contributed by atoms with Crippen molar-refractivity contribution in [1.29, 1.82) is 0 Å². The second-order valence-corrected chi connectivity index (χ2v) is 6.69. The van der Waals surface area contributed by atoms with Crippen LogP contribution < -0.4 is 5.56 Å². The summed E-state index contributed by atoms with van der Waals surface area (Å²) >= 11 is 1.35. The number of aromatic amines is 1. The Bertz CT molecular complexity index is 492. The fraction of sp³-hybridized carbons (Fsp3) is 0.538. The fourth-order valence-electron chi connectivity index (χ4n) is 1.37. The average molecular weight is 268 g/mol. The highest BCUT2D eigenvalue weighted by molar-refractivity contribution is 8.00. The van der Waals surface area contributed by atoms with Gasteiger partial charge in [-0.15, -0.1) is 6.58 Å². The van der Waals surface area contributed by atoms with Crippen molar-refractivity contribution in [2.75, 3.05) is 0 Å². The molecule has 4 nitrogen and oxygen atoms in total. The SMILES string of the molecule is C=CCC(C)(O)C(C)(C)Sc1ncc(C)c(=O)[nH]1. The van der Waals surface area contributed by atoms with Gasteiger partial charge in [-0.25, -0.2) is 4.98 Å². The first-order valence-corrected chi connectivity index (χ1v) is 6.59. The first-order chi connectivity index (χ1) is 8.19. The van der Waals surface area contributed by atoms with Crippen LogP contribution in [0.5, 0.6) is 0 Å². The first-order valence-electron chi connectivity index (χ1n) is 5.78. The molecular weight excluding hydrogens is 248 g/mol. The van der Waals surface area contributed by atoms with Crippen LogP contribution in [0.25, 0.3) is 0 Å². The number of hydrogen-bond acceptors (Lipinski definition) is 4. The quantitative estimate of drug-likeness (QED) is 0.488. The van der Waals surface area contributed by atoms with Gasteiger partial charge in [0.15, 0.2) is 5.16 Å². The Kier molecular flexibility index (Phi) is 4.40. The normalized spacial score (nSPS) is 15.2. The summed E-state index contributed by atoms with van der Waals surface area (Å²) in [6.45, 7) is 11.0. The van der Waals surface area contributed by atoms with Crippen molar-refractivity contribution in [2.24, 2.45) is 0 Å². The third-order valence-corrected chi connectivity index (χ3v) is 4.50. The van der Waals surface area contributed by atoms with Gasteiger partial charge < -0.3 is 10.1 Å². The van der Waals surface area contributed by atoms with Crippen LogP contribution in [0.2, 0.25) is 0 Å². The van der Waals surface area contributed by atoms with E-state index in [1.807, 2.05) is 13.8 Å². The molecule has 0 amide bonds. The maximum atomic E-state index is 11.5. The molecule has 0 aliphatic heterocycles. The number of aliphatic hydroxyl groups is 1. The molecule has 0 aliphatic rings. The summed E-state index contributed by atoms with van der Waals surface area (Å²) in [7, 11) is 0. The fourth-order valence-corrected chi connectivity index (χ4v) is 2.41. The van der Waals surface area contributed by atoms with E-state index < -0.39 is 10.3 Å². The number of H-pyrrole nitrogens is 1. The third-order valence-electron chi connectivity index (χ3n) is 3.14. The van der Waals surface area contributed by atoms with Crippen LogP contribution in [0.3, 0.4) is 0 Å². The van der Waals surface area contributed by atoms with Gasteiger partial charge in [0.25, 0.3) is 5.56 Å². The lowest BCUT2D eigenvalue weighted by Crippen LogP contribution is -2.44. The molecule has 1 unspecified atom stereocenters. The number of rotatable bonds is 5. The lowest BCUT2D eigenvalue weighted by Gasteiger charge is -2.38. The van der Waals surface area contributed by atoms with Gasteiger partial charge in [0, 0.05) is 16.5 Å². The minimum absolute atomic E-state index is 0.147. The summed E-state index contributed by atoms with van der Waals surface area (Å²) in [5.41, 5.74) is -0.496. The Hall–Kier alpha value is -1.07. The van der Waals surface area contributed by atoms with Crippen molar-refractivity contribution < 1.29 is 5.11 Å². The molecule has 100 valence electrons. The van der Waals surface area contributed by atoms with E-state index in [1.54, 1.807) is 26.1 Å². The van der Waals surface area contributed by atoms with E-state index in [2.05, 4.69) is 16.5 Å². The number of nitrogens with zero attached hydrogens (tertiary/aromatic N) is 1. The predicted molar refractivity (Wildman–Crippen MR) is 75.0 cm³/mol. The zero-order chi connectivity index (χ0) is 14.0. The maximum Gasteiger partial charge on any atom is 0.254 e. The molecule has 1 atom stereocenters. The van der Waals surface area contributed by atoms with Crippen LogP contribution >= 0.6 is 11.8 Å². The van der Waals surface area contributed by atoms with E-state index in [0.29, 0.717) is 17.1 Å². The molecule has 1 heterocycles. The summed E-state index contributed by atoms with van der Waals surface area (Å²) in [6.07, 6.45) is 3.70. The van der Waals surface area contributed by atoms with Crippen molar-refractivity contribution in [3.8, 4) is 0 Å². The van der Waals surface area contributed by atoms with Crippen molar-refractivity contribution in [3.05, 3.63) is 34.8 Å². The lowest BCUT2D eigenvalue weighted by atomic mass is 9.88. The molecule has 1 aromatic rings. The Balaban J connectivity index is 2.97. The summed E-state index contributed by atoms with van der Waals surface area (Å²) in [6, 6.07) is 0. The van der Waals surface area contributed by atoms with Gasteiger partial charge in [0.2, 0.25) is 0 Å². The molecular formula is C13H20N2O2S. The zero-order valence-electron chi connectivity index (χ0n) is 11.3. The van der Waals surface area contributed by atoms with Crippen molar-refractivity contribution in [1.82, 2.24) is 9.97 Å². The molecule has 18 heavy (non-hydrogen) atoms. The molecule has 0 saturated carbocycles. The largest absolute Gasteiger partial charge is 0.388 e. The molecule has 0 bridgehead atoms. The molecule has 0 fully saturated rings. The van der Waals surface area contributed by atoms with E-state index in [4.69, 9.17) is 0 Å². The monoisotopic (exact) mass is 268 g/mol. The highest BCUT2D eigenvalue weighted by Crippen LogP contribution is 2.40. The zero-order valence-corrected chi connectivity index (χ0v) is 12.1. The van der Waals surface area contributed by atoms with Gasteiger partial charge in [0.1, 0.15) is 0 Å². The van der Waals surface area contributed by atoms with E-state index in [-0.39, 0.29) is 5.56 Å². The second-order valence-electron chi connectivity index (χ2n) is 5.08. The third kappa shape index (κ3) is 3.23. The molecule has 0 radical (unpaired) electrons. The molecule has 2 N–H and O–H groups in total. The predicted octanol–water partition coefficient (Wildman–Crippen LogP) is 2.28. The van der Waals surface area contributed by atoms with E-state index >= 15 is 0 Å². The maximum absolute atomic E-state index is 11.5. The van der Waals surface area contributed by atoms with Crippen molar-refractivity contribution in [3.63, 3.8) is 0 Å². The highest BCUT2D eigenvalue weighted by atomic mass is 32.2. The van der Waals surface area contributed by atoms with Crippen LogP contribution in [0.15, 0.2) is 28.8 Å². The van der Waals surface area contributed by atoms with Crippen LogP contribution in [-0.4, -0.2) is 25.4 Å². The van der Waals surface area contributed by atoms with E-state index in [0.717, 1.165) is 0 Å². The summed E-state index contributed by atoms with van der Waals surface area (Å²) in [5, 5.41) is 10.9. The average Bonchev–Trinajstić information content (AvgIpc) is 2.23. The molecule has 0 aliphatic carbocycles. The Morgan fingerprint density at radius 1 is 1.56 bits per heavy atom. The van der Waals surface area contributed by atoms with Gasteiger partial charge in [-0.1, -0.05) is 17.8 Å². The number of aryl methyl sites for hydroxylation is 1. The van der Waals surface area contributed by atoms with Gasteiger partial charge >= 0.3 is 0 Å². The smallest absolute Gasteiger partial charge is 0.254 e. The highest BCUT2D eigenvalue weighted by Gasteiger charge is 2.39. The molecule has 0 spiro atoms. The molecule has 1 aromatic heterocycles. The van der Waals surface area contributed by atoms with E-state index in [9.17, 15) is 9.90 Å². The van der Waals surface area contributed by atoms with E-state index in [1.165, 1.54) is 11.8 Å². The van der Waals surface area contributed by atoms with Gasteiger partial charge in [0.05, 0.1) is 5.60 Å². The number of aromatic nitrogens is 2. The topological polar surface area (TPSA) is 66.0 Å². The second kappa shape index (κ2) is 5.28. The van der Waals surface area contributed by atoms with Crippen LogP contribution in [0.4, 0.5) is 0 Å². The van der Waals surface area contributed by atoms with Crippen LogP contribution in [0, 0.1) is 6.92 Å². The van der Waals surface area contributed by atoms with Crippen LogP contribution in [0.1, 0.15) is 32.8 Å². The van der Waals surface area contributed by atoms with Gasteiger partial charge in [-0.2, -0.15) is 0 Å². The van der Waals surface area contributed by atoms with Gasteiger partial charge in [-0.3, -0.25) is 4.79 Å². The molecule has 0 saturated heterocycles. The molecule has 0 aromatic carbocycles. The van der Waals surface area contributed by atoms with Crippen molar-refractivity contribution in [2.45, 2.75) is 49.6 Å². The molecule has 1 rings (SSSR count). The first kappa shape index (κ1) is 15.0. The minimum Gasteiger partial charge on any atom is -0.388 e. The van der Waals surface area contributed by atoms with Gasteiger partial charge in [-0.05, 0) is 34.1 Å². The van der Waals surface area contributed by atoms with Crippen molar-refractivity contribution >= 4 is 11.8 Å². The van der Waals surface area contributed by atoms with Crippen LogP contribution in [-0.2, 0) is 0 Å². The Labute approximate surface area is 112 Å². The summed E-state index contributed by atoms with van der Waals surface area (Å²) < 4.78 is -0.494.